The zero-order chi connectivity index (χ0) is 15.6. The number of hydrogen-bond donors (Lipinski definition) is 0. The van der Waals surface area contributed by atoms with Gasteiger partial charge in [-0.25, -0.2) is 4.98 Å². The molecular weight excluding hydrogens is 397 g/mol. The lowest BCUT2D eigenvalue weighted by atomic mass is 10.2. The number of nitrogens with zero attached hydrogens (tertiary/aromatic N) is 2. The lowest BCUT2D eigenvalue weighted by Crippen LogP contribution is -2.40. The van der Waals surface area contributed by atoms with Crippen molar-refractivity contribution in [3.8, 4) is 17.1 Å². The van der Waals surface area contributed by atoms with E-state index in [1.54, 1.807) is 0 Å². The summed E-state index contributed by atoms with van der Waals surface area (Å²) >= 11 is 2.33. The molecule has 4 heteroatoms. The molecule has 1 heterocycles. The topological polar surface area (TPSA) is 30.9 Å². The summed E-state index contributed by atoms with van der Waals surface area (Å²) in [7, 11) is 0. The summed E-state index contributed by atoms with van der Waals surface area (Å²) in [4.78, 5) is 3.45. The minimum atomic E-state index is 0.850. The van der Waals surface area contributed by atoms with E-state index in [4.69, 9.17) is 5.10 Å². The molecule has 0 spiro atoms. The zero-order valence-corrected chi connectivity index (χ0v) is 14.4. The summed E-state index contributed by atoms with van der Waals surface area (Å²) in [6.07, 6.45) is 0. The number of hydrogen-bond acceptors (Lipinski definition) is 1. The van der Waals surface area contributed by atoms with Crippen molar-refractivity contribution in [2.75, 3.05) is 0 Å². The van der Waals surface area contributed by atoms with E-state index in [0.717, 1.165) is 28.1 Å². The van der Waals surface area contributed by atoms with Gasteiger partial charge in [-0.15, -0.1) is 0 Å². The van der Waals surface area contributed by atoms with Crippen LogP contribution in [0.25, 0.3) is 28.1 Å². The molecular formula is C19H14IN3+2. The predicted molar refractivity (Wildman–Crippen MR) is 98.0 cm³/mol. The van der Waals surface area contributed by atoms with Gasteiger partial charge in [0.1, 0.15) is 0 Å². The van der Waals surface area contributed by atoms with Crippen LogP contribution < -0.4 is 9.67 Å². The smallest absolute Gasteiger partial charge is 0.225 e. The number of nitrogens with one attached hydrogen (secondary N) is 1. The molecule has 0 aliphatic carbocycles. The third-order valence-electron chi connectivity index (χ3n) is 3.69. The third kappa shape index (κ3) is 2.82. The average molecular weight is 411 g/mol. The Morgan fingerprint density at radius 2 is 1.52 bits per heavy atom. The number of rotatable bonds is 2. The molecule has 1 aromatic heterocycles. The number of aromatic amines is 1. The van der Waals surface area contributed by atoms with Crippen LogP contribution in [0.3, 0.4) is 0 Å². The molecule has 1 N–H and O–H groups in total. The van der Waals surface area contributed by atoms with Gasteiger partial charge < -0.3 is 0 Å². The largest absolute Gasteiger partial charge is 0.402 e. The molecule has 0 aliphatic heterocycles. The molecule has 0 unspecified atom stereocenters. The molecule has 23 heavy (non-hydrogen) atoms. The molecule has 0 fully saturated rings. The highest BCUT2D eigenvalue weighted by Crippen LogP contribution is 2.15. The van der Waals surface area contributed by atoms with E-state index in [9.17, 15) is 0 Å². The van der Waals surface area contributed by atoms with Gasteiger partial charge in [0.15, 0.2) is 0 Å². The quantitative estimate of drug-likeness (QED) is 0.366. The maximum absolute atomic E-state index is 4.84. The van der Waals surface area contributed by atoms with Crippen LogP contribution in [0.15, 0.2) is 78.9 Å². The van der Waals surface area contributed by atoms with Crippen LogP contribution in [0.5, 0.6) is 0 Å². The predicted octanol–water partition coefficient (Wildman–Crippen LogP) is 3.60. The van der Waals surface area contributed by atoms with Gasteiger partial charge in [-0.3, -0.25) is 0 Å². The van der Waals surface area contributed by atoms with E-state index >= 15 is 0 Å². The Morgan fingerprint density at radius 1 is 0.826 bits per heavy atom. The van der Waals surface area contributed by atoms with Crippen molar-refractivity contribution in [1.82, 2.24) is 5.10 Å². The fourth-order valence-corrected chi connectivity index (χ4v) is 3.06. The second-order valence-corrected chi connectivity index (χ2v) is 6.49. The zero-order valence-electron chi connectivity index (χ0n) is 12.3. The molecule has 0 amide bonds. The first-order valence-electron chi connectivity index (χ1n) is 7.37. The number of para-hydroxylation sites is 1. The highest BCUT2D eigenvalue weighted by Gasteiger charge is 2.26. The summed E-state index contributed by atoms with van der Waals surface area (Å²) < 4.78 is 3.18. The Labute approximate surface area is 147 Å². The van der Waals surface area contributed by atoms with Gasteiger partial charge in [-0.05, 0) is 46.9 Å². The average Bonchev–Trinajstić information content (AvgIpc) is 2.62. The molecule has 3 nitrogen and oxygen atoms in total. The third-order valence-corrected chi connectivity index (χ3v) is 4.36. The van der Waals surface area contributed by atoms with E-state index in [1.165, 1.54) is 3.57 Å². The lowest BCUT2D eigenvalue weighted by molar-refractivity contribution is -0.643. The summed E-state index contributed by atoms with van der Waals surface area (Å²) in [6, 6.07) is 26.7. The van der Waals surface area contributed by atoms with Crippen molar-refractivity contribution in [3.05, 3.63) is 82.4 Å². The van der Waals surface area contributed by atoms with E-state index in [-0.39, 0.29) is 0 Å². The van der Waals surface area contributed by atoms with Gasteiger partial charge in [0.05, 0.1) is 10.2 Å². The highest BCUT2D eigenvalue weighted by molar-refractivity contribution is 14.1. The van der Waals surface area contributed by atoms with Crippen LogP contribution in [0.2, 0.25) is 0 Å². The van der Waals surface area contributed by atoms with Gasteiger partial charge in [0, 0.05) is 21.8 Å². The van der Waals surface area contributed by atoms with Gasteiger partial charge in [-0.2, -0.15) is 0 Å². The Balaban J connectivity index is 2.04. The molecule has 110 valence electrons. The van der Waals surface area contributed by atoms with Crippen molar-refractivity contribution in [3.63, 3.8) is 0 Å². The SMILES string of the molecule is Ic1ccc2[nH+]c(-c3ccccc3)n[n+](-c3ccccc3)c2c1. The molecule has 0 aliphatic rings. The lowest BCUT2D eigenvalue weighted by Gasteiger charge is -1.97. The molecule has 0 bridgehead atoms. The van der Waals surface area contributed by atoms with Gasteiger partial charge >= 0.3 is 11.3 Å². The molecule has 0 saturated carbocycles. The standard InChI is InChI=1S/C19H13IN3/c20-15-11-12-17-18(13-15)23(16-9-5-2-6-10-16)22-19(21-17)14-7-3-1-4-8-14/h1-13H/q+1/p+1. The Kier molecular flexibility index (Phi) is 3.75. The van der Waals surface area contributed by atoms with Gasteiger partial charge in [-0.1, -0.05) is 36.4 Å². The Bertz CT molecular complexity index is 970. The molecule has 0 atom stereocenters. The van der Waals surface area contributed by atoms with Crippen molar-refractivity contribution in [1.29, 1.82) is 0 Å². The molecule has 4 rings (SSSR count). The van der Waals surface area contributed by atoms with E-state index < -0.39 is 0 Å². The van der Waals surface area contributed by atoms with Crippen LogP contribution in [-0.2, 0) is 0 Å². The maximum atomic E-state index is 4.84. The number of benzene rings is 3. The summed E-state index contributed by atoms with van der Waals surface area (Å²) in [5.41, 5.74) is 4.23. The van der Waals surface area contributed by atoms with Crippen LogP contribution in [0.4, 0.5) is 0 Å². The van der Waals surface area contributed by atoms with E-state index in [0.29, 0.717) is 0 Å². The first-order chi connectivity index (χ1) is 11.3. The van der Waals surface area contributed by atoms with E-state index in [2.05, 4.69) is 70.0 Å². The minimum Gasteiger partial charge on any atom is -0.225 e. The van der Waals surface area contributed by atoms with Crippen LogP contribution in [0.1, 0.15) is 0 Å². The molecule has 0 radical (unpaired) electrons. The fourth-order valence-electron chi connectivity index (χ4n) is 2.58. The van der Waals surface area contributed by atoms with Crippen LogP contribution in [0, 0.1) is 3.57 Å². The van der Waals surface area contributed by atoms with Crippen molar-refractivity contribution < 1.29 is 9.67 Å². The van der Waals surface area contributed by atoms with Crippen molar-refractivity contribution in [2.24, 2.45) is 0 Å². The monoisotopic (exact) mass is 411 g/mol. The number of H-pyrrole nitrogens is 1. The molecule has 4 aromatic rings. The first kappa shape index (κ1) is 14.3. The van der Waals surface area contributed by atoms with Crippen LogP contribution >= 0.6 is 22.6 Å². The highest BCUT2D eigenvalue weighted by atomic mass is 127. The second kappa shape index (κ2) is 6.04. The van der Waals surface area contributed by atoms with Crippen LogP contribution in [-0.4, -0.2) is 5.10 Å². The summed E-state index contributed by atoms with van der Waals surface area (Å²) in [5, 5.41) is 4.84. The summed E-state index contributed by atoms with van der Waals surface area (Å²) in [6.45, 7) is 0. The number of halogens is 1. The number of aromatic nitrogens is 3. The molecule has 3 aromatic carbocycles. The Morgan fingerprint density at radius 3 is 2.26 bits per heavy atom. The summed E-state index contributed by atoms with van der Waals surface area (Å²) in [5.74, 6) is 0.850. The minimum absolute atomic E-state index is 0.850. The number of fused-ring (bicyclic) bond motifs is 1. The maximum Gasteiger partial charge on any atom is 0.402 e. The van der Waals surface area contributed by atoms with Gasteiger partial charge in [0.2, 0.25) is 10.6 Å². The molecule has 0 saturated heterocycles. The van der Waals surface area contributed by atoms with Crippen molar-refractivity contribution >= 4 is 33.6 Å². The van der Waals surface area contributed by atoms with E-state index in [1.807, 2.05) is 41.1 Å². The Hall–Kier alpha value is -2.34. The van der Waals surface area contributed by atoms with Crippen molar-refractivity contribution in [2.45, 2.75) is 0 Å². The van der Waals surface area contributed by atoms with Gasteiger partial charge in [0.25, 0.3) is 5.69 Å². The fraction of sp³-hybridized carbons (Fsp3) is 0. The first-order valence-corrected chi connectivity index (χ1v) is 8.45. The normalized spacial score (nSPS) is 10.8. The second-order valence-electron chi connectivity index (χ2n) is 5.25.